The van der Waals surface area contributed by atoms with Crippen molar-refractivity contribution in [1.82, 2.24) is 4.72 Å². The molecule has 0 aromatic heterocycles. The number of sulfonamides is 1. The first-order valence-corrected chi connectivity index (χ1v) is 8.33. The summed E-state index contributed by atoms with van der Waals surface area (Å²) in [5.74, 6) is -0.890. The molecule has 1 fully saturated rings. The maximum absolute atomic E-state index is 12.3. The summed E-state index contributed by atoms with van der Waals surface area (Å²) in [6, 6.07) is 5.48. The molecule has 7 heteroatoms. The molecule has 3 N–H and O–H groups in total. The molecule has 0 aliphatic heterocycles. The minimum absolute atomic E-state index is 0.135. The van der Waals surface area contributed by atoms with Gasteiger partial charge in [0.1, 0.15) is 0 Å². The van der Waals surface area contributed by atoms with Crippen LogP contribution in [0, 0.1) is 5.92 Å². The van der Waals surface area contributed by atoms with Crippen LogP contribution >= 0.6 is 11.6 Å². The predicted molar refractivity (Wildman–Crippen MR) is 76.7 cm³/mol. The van der Waals surface area contributed by atoms with Gasteiger partial charge in [-0.3, -0.25) is 4.79 Å². The van der Waals surface area contributed by atoms with E-state index >= 15 is 0 Å². The minimum Gasteiger partial charge on any atom is -0.369 e. The molecule has 1 aromatic carbocycles. The standard InChI is InChI=1S/C13H17ClN2O3S/c14-9-5-7-10(8-6-9)20(18,19)16-12-4-2-1-3-11(12)13(15)17/h5-8,11-12,16H,1-4H2,(H2,15,17)/t11-,12-/m1/s1. The van der Waals surface area contributed by atoms with Crippen molar-refractivity contribution in [3.63, 3.8) is 0 Å². The van der Waals surface area contributed by atoms with Crippen molar-refractivity contribution >= 4 is 27.5 Å². The molecule has 20 heavy (non-hydrogen) atoms. The van der Waals surface area contributed by atoms with E-state index in [1.54, 1.807) is 0 Å². The summed E-state index contributed by atoms with van der Waals surface area (Å²) < 4.78 is 27.1. The molecule has 0 heterocycles. The number of nitrogens with one attached hydrogen (secondary N) is 1. The van der Waals surface area contributed by atoms with Crippen molar-refractivity contribution in [2.75, 3.05) is 0 Å². The lowest BCUT2D eigenvalue weighted by Crippen LogP contribution is -2.46. The Hall–Kier alpha value is -1.11. The van der Waals surface area contributed by atoms with E-state index in [0.29, 0.717) is 17.9 Å². The first-order valence-electron chi connectivity index (χ1n) is 6.47. The van der Waals surface area contributed by atoms with E-state index in [1.807, 2.05) is 0 Å². The fourth-order valence-corrected chi connectivity index (χ4v) is 3.93. The highest BCUT2D eigenvalue weighted by atomic mass is 35.5. The highest BCUT2D eigenvalue weighted by Gasteiger charge is 2.32. The molecule has 0 bridgehead atoms. The number of hydrogen-bond acceptors (Lipinski definition) is 3. The summed E-state index contributed by atoms with van der Waals surface area (Å²) in [6.45, 7) is 0. The molecule has 1 aliphatic carbocycles. The van der Waals surface area contributed by atoms with E-state index < -0.39 is 27.9 Å². The molecule has 0 saturated heterocycles. The SMILES string of the molecule is NC(=O)[C@@H]1CCCC[C@H]1NS(=O)(=O)c1ccc(Cl)cc1. The predicted octanol–water partition coefficient (Wildman–Crippen LogP) is 1.66. The minimum atomic E-state index is -3.66. The molecule has 0 unspecified atom stereocenters. The zero-order valence-electron chi connectivity index (χ0n) is 10.9. The molecule has 1 amide bonds. The molecule has 1 aromatic rings. The van der Waals surface area contributed by atoms with Gasteiger partial charge in [-0.15, -0.1) is 0 Å². The van der Waals surface area contributed by atoms with Crippen LogP contribution in [0.3, 0.4) is 0 Å². The molecule has 2 rings (SSSR count). The van der Waals surface area contributed by atoms with Gasteiger partial charge in [0.15, 0.2) is 0 Å². The third-order valence-corrected chi connectivity index (χ3v) is 5.32. The van der Waals surface area contributed by atoms with Gasteiger partial charge in [0, 0.05) is 11.1 Å². The number of carbonyl (C=O) groups is 1. The summed E-state index contributed by atoms with van der Waals surface area (Å²) >= 11 is 5.74. The van der Waals surface area contributed by atoms with Crippen molar-refractivity contribution in [3.05, 3.63) is 29.3 Å². The normalized spacial score (nSPS) is 23.4. The van der Waals surface area contributed by atoms with E-state index in [-0.39, 0.29) is 4.90 Å². The van der Waals surface area contributed by atoms with E-state index in [4.69, 9.17) is 17.3 Å². The lowest BCUT2D eigenvalue weighted by Gasteiger charge is -2.29. The highest BCUT2D eigenvalue weighted by Crippen LogP contribution is 2.26. The van der Waals surface area contributed by atoms with Crippen molar-refractivity contribution in [2.24, 2.45) is 11.7 Å². The number of primary amides is 1. The maximum Gasteiger partial charge on any atom is 0.240 e. The van der Waals surface area contributed by atoms with Gasteiger partial charge in [0.25, 0.3) is 0 Å². The molecule has 2 atom stereocenters. The van der Waals surface area contributed by atoms with E-state index in [1.165, 1.54) is 24.3 Å². The van der Waals surface area contributed by atoms with Crippen LogP contribution in [0.15, 0.2) is 29.2 Å². The van der Waals surface area contributed by atoms with Crippen molar-refractivity contribution in [1.29, 1.82) is 0 Å². The van der Waals surface area contributed by atoms with E-state index in [0.717, 1.165) is 12.8 Å². The molecule has 110 valence electrons. The van der Waals surface area contributed by atoms with E-state index in [2.05, 4.69) is 4.72 Å². The molecule has 5 nitrogen and oxygen atoms in total. The topological polar surface area (TPSA) is 89.3 Å². The lowest BCUT2D eigenvalue weighted by atomic mass is 9.85. The van der Waals surface area contributed by atoms with Gasteiger partial charge in [-0.05, 0) is 37.1 Å². The third-order valence-electron chi connectivity index (χ3n) is 3.56. The fourth-order valence-electron chi connectivity index (χ4n) is 2.49. The first-order chi connectivity index (χ1) is 9.40. The largest absolute Gasteiger partial charge is 0.369 e. The number of nitrogens with two attached hydrogens (primary N) is 1. The highest BCUT2D eigenvalue weighted by molar-refractivity contribution is 7.89. The van der Waals surface area contributed by atoms with Gasteiger partial charge in [-0.2, -0.15) is 0 Å². The van der Waals surface area contributed by atoms with Crippen LogP contribution in [0.2, 0.25) is 5.02 Å². The summed E-state index contributed by atoms with van der Waals surface area (Å²) in [6.07, 6.45) is 3.04. The smallest absolute Gasteiger partial charge is 0.240 e. The van der Waals surface area contributed by atoms with Gasteiger partial charge >= 0.3 is 0 Å². The number of halogens is 1. The van der Waals surface area contributed by atoms with E-state index in [9.17, 15) is 13.2 Å². The van der Waals surface area contributed by atoms with Crippen molar-refractivity contribution in [2.45, 2.75) is 36.6 Å². The summed E-state index contributed by atoms with van der Waals surface area (Å²) in [5.41, 5.74) is 5.34. The van der Waals surface area contributed by atoms with Crippen LogP contribution in [-0.2, 0) is 14.8 Å². The van der Waals surface area contributed by atoms with Gasteiger partial charge in [0.05, 0.1) is 10.8 Å². The van der Waals surface area contributed by atoms with Crippen LogP contribution in [0.5, 0.6) is 0 Å². The quantitative estimate of drug-likeness (QED) is 0.885. The Morgan fingerprint density at radius 2 is 1.80 bits per heavy atom. The van der Waals surface area contributed by atoms with Crippen LogP contribution in [0.4, 0.5) is 0 Å². The van der Waals surface area contributed by atoms with Crippen LogP contribution in [0.25, 0.3) is 0 Å². The monoisotopic (exact) mass is 316 g/mol. The molecule has 0 spiro atoms. The Kier molecular flexibility index (Phi) is 4.67. The Labute approximate surface area is 123 Å². The van der Waals surface area contributed by atoms with Crippen molar-refractivity contribution in [3.8, 4) is 0 Å². The Morgan fingerprint density at radius 1 is 1.20 bits per heavy atom. The van der Waals surface area contributed by atoms with Crippen molar-refractivity contribution < 1.29 is 13.2 Å². The average Bonchev–Trinajstić information content (AvgIpc) is 2.39. The Morgan fingerprint density at radius 3 is 2.40 bits per heavy atom. The van der Waals surface area contributed by atoms with Gasteiger partial charge < -0.3 is 5.73 Å². The average molecular weight is 317 g/mol. The Bertz CT molecular complexity index is 586. The second kappa shape index (κ2) is 6.11. The van der Waals surface area contributed by atoms with Gasteiger partial charge in [-0.1, -0.05) is 24.4 Å². The molecular formula is C13H17ClN2O3S. The molecule has 1 aliphatic rings. The maximum atomic E-state index is 12.3. The zero-order valence-corrected chi connectivity index (χ0v) is 12.5. The second-order valence-corrected chi connectivity index (χ2v) is 7.13. The number of hydrogen-bond donors (Lipinski definition) is 2. The molecule has 0 radical (unpaired) electrons. The number of carbonyl (C=O) groups excluding carboxylic acids is 1. The number of rotatable bonds is 4. The molecular weight excluding hydrogens is 300 g/mol. The van der Waals surface area contributed by atoms with Gasteiger partial charge in [0.2, 0.25) is 15.9 Å². The second-order valence-electron chi connectivity index (χ2n) is 4.98. The third kappa shape index (κ3) is 3.50. The summed E-state index contributed by atoms with van der Waals surface area (Å²) in [4.78, 5) is 11.5. The number of amides is 1. The Balaban J connectivity index is 2.18. The van der Waals surface area contributed by atoms with Crippen LogP contribution in [0.1, 0.15) is 25.7 Å². The number of benzene rings is 1. The van der Waals surface area contributed by atoms with Gasteiger partial charge in [-0.25, -0.2) is 13.1 Å². The summed E-state index contributed by atoms with van der Waals surface area (Å²) in [5, 5.41) is 0.469. The lowest BCUT2D eigenvalue weighted by molar-refractivity contribution is -0.123. The molecule has 1 saturated carbocycles. The van der Waals surface area contributed by atoms with Crippen LogP contribution < -0.4 is 10.5 Å². The fraction of sp³-hybridized carbons (Fsp3) is 0.462. The van der Waals surface area contributed by atoms with Crippen LogP contribution in [-0.4, -0.2) is 20.4 Å². The summed E-state index contributed by atoms with van der Waals surface area (Å²) in [7, 11) is -3.66. The first kappa shape index (κ1) is 15.3. The zero-order chi connectivity index (χ0) is 14.8.